The number of benzene rings is 2. The summed E-state index contributed by atoms with van der Waals surface area (Å²) in [5.41, 5.74) is 3.33. The summed E-state index contributed by atoms with van der Waals surface area (Å²) in [7, 11) is -0.870. The fraction of sp³-hybridized carbons (Fsp3) is 0.433. The summed E-state index contributed by atoms with van der Waals surface area (Å²) in [4.78, 5) is 31.8. The lowest BCUT2D eigenvalue weighted by Gasteiger charge is -2.42. The molecule has 0 aliphatic carbocycles. The molecule has 0 spiro atoms. The zero-order valence-electron chi connectivity index (χ0n) is 23.9. The van der Waals surface area contributed by atoms with Crippen molar-refractivity contribution in [2.24, 2.45) is 0 Å². The molecule has 6 nitrogen and oxygen atoms in total. The first kappa shape index (κ1) is 29.9. The van der Waals surface area contributed by atoms with Gasteiger partial charge in [0.25, 0.3) is 14.2 Å². The SMILES string of the molecule is CC(C)[Si](Oc1c2c(c(CC(=O)O)c3cc(Cc4cc(Cl)c(F)cc4F)cnc13)CN(C)C2=O)(C(C)C)C(C)C. The van der Waals surface area contributed by atoms with Crippen LogP contribution in [0.1, 0.15) is 74.2 Å². The van der Waals surface area contributed by atoms with Gasteiger partial charge in [-0.05, 0) is 51.0 Å². The average molecular weight is 589 g/mol. The number of halogens is 3. The van der Waals surface area contributed by atoms with E-state index < -0.39 is 25.9 Å². The van der Waals surface area contributed by atoms with E-state index in [4.69, 9.17) is 21.0 Å². The molecule has 0 bridgehead atoms. The summed E-state index contributed by atoms with van der Waals surface area (Å²) in [6.07, 6.45) is 1.31. The molecule has 0 unspecified atom stereocenters. The number of carbonyl (C=O) groups excluding carboxylic acids is 1. The Morgan fingerprint density at radius 3 is 2.30 bits per heavy atom. The minimum Gasteiger partial charge on any atom is -0.541 e. The van der Waals surface area contributed by atoms with E-state index in [2.05, 4.69) is 41.5 Å². The maximum Gasteiger partial charge on any atom is 0.307 e. The Balaban J connectivity index is 2.02. The maximum absolute atomic E-state index is 14.6. The van der Waals surface area contributed by atoms with Crippen LogP contribution in [0.2, 0.25) is 21.6 Å². The van der Waals surface area contributed by atoms with Crippen molar-refractivity contribution in [2.75, 3.05) is 7.05 Å². The van der Waals surface area contributed by atoms with Crippen molar-refractivity contribution in [1.29, 1.82) is 0 Å². The summed E-state index contributed by atoms with van der Waals surface area (Å²) in [6, 6.07) is 3.76. The second-order valence-corrected chi connectivity index (χ2v) is 17.4. The fourth-order valence-corrected chi connectivity index (χ4v) is 11.8. The Morgan fingerprint density at radius 2 is 1.73 bits per heavy atom. The van der Waals surface area contributed by atoms with E-state index in [0.717, 1.165) is 6.07 Å². The number of aromatic nitrogens is 1. The highest BCUT2D eigenvalue weighted by atomic mass is 35.5. The molecule has 0 fully saturated rings. The number of hydrogen-bond donors (Lipinski definition) is 1. The summed E-state index contributed by atoms with van der Waals surface area (Å²) in [5.74, 6) is -2.45. The van der Waals surface area contributed by atoms with E-state index in [-0.39, 0.29) is 52.5 Å². The van der Waals surface area contributed by atoms with Crippen molar-refractivity contribution in [3.8, 4) is 5.75 Å². The molecule has 40 heavy (non-hydrogen) atoms. The smallest absolute Gasteiger partial charge is 0.307 e. The van der Waals surface area contributed by atoms with Crippen LogP contribution in [-0.4, -0.2) is 42.2 Å². The zero-order valence-corrected chi connectivity index (χ0v) is 25.6. The minimum absolute atomic E-state index is 0.0655. The van der Waals surface area contributed by atoms with Crippen LogP contribution in [0.25, 0.3) is 10.9 Å². The molecule has 1 aromatic heterocycles. The number of fused-ring (bicyclic) bond motifs is 2. The molecule has 0 atom stereocenters. The topological polar surface area (TPSA) is 79.7 Å². The number of carboxylic acid groups (broad SMARTS) is 1. The normalized spacial score (nSPS) is 13.7. The number of nitrogens with zero attached hydrogens (tertiary/aromatic N) is 2. The lowest BCUT2D eigenvalue weighted by molar-refractivity contribution is -0.136. The molecule has 1 aliphatic rings. The van der Waals surface area contributed by atoms with Crippen LogP contribution in [0.3, 0.4) is 0 Å². The molecule has 1 amide bonds. The summed E-state index contributed by atoms with van der Waals surface area (Å²) >= 11 is 5.91. The van der Waals surface area contributed by atoms with Gasteiger partial charge in [0.2, 0.25) is 0 Å². The van der Waals surface area contributed by atoms with Gasteiger partial charge < -0.3 is 14.4 Å². The monoisotopic (exact) mass is 588 g/mol. The van der Waals surface area contributed by atoms with E-state index in [1.807, 2.05) is 0 Å². The van der Waals surface area contributed by atoms with Crippen molar-refractivity contribution < 1.29 is 27.9 Å². The zero-order chi connectivity index (χ0) is 29.7. The van der Waals surface area contributed by atoms with Crippen molar-refractivity contribution in [3.05, 3.63) is 68.9 Å². The van der Waals surface area contributed by atoms with Gasteiger partial charge in [-0.15, -0.1) is 0 Å². The summed E-state index contributed by atoms with van der Waals surface area (Å²) < 4.78 is 35.4. The number of rotatable bonds is 9. The predicted octanol–water partition coefficient (Wildman–Crippen LogP) is 7.52. The third-order valence-corrected chi connectivity index (χ3v) is 14.4. The molecule has 2 heterocycles. The first-order chi connectivity index (χ1) is 18.7. The van der Waals surface area contributed by atoms with Gasteiger partial charge in [0, 0.05) is 37.7 Å². The molecule has 3 aromatic rings. The number of carbonyl (C=O) groups is 2. The molecule has 2 aromatic carbocycles. The number of amides is 1. The van der Waals surface area contributed by atoms with E-state index in [1.165, 1.54) is 6.07 Å². The molecule has 0 saturated carbocycles. The maximum atomic E-state index is 14.6. The Morgan fingerprint density at radius 1 is 1.10 bits per heavy atom. The van der Waals surface area contributed by atoms with Gasteiger partial charge in [-0.25, -0.2) is 8.78 Å². The molecule has 4 rings (SSSR count). The molecule has 0 saturated heterocycles. The Kier molecular flexibility index (Phi) is 8.29. The molecule has 1 N–H and O–H groups in total. The molecular weight excluding hydrogens is 554 g/mol. The van der Waals surface area contributed by atoms with E-state index >= 15 is 0 Å². The van der Waals surface area contributed by atoms with Crippen molar-refractivity contribution in [3.63, 3.8) is 0 Å². The van der Waals surface area contributed by atoms with Crippen LogP contribution < -0.4 is 4.43 Å². The third-order valence-electron chi connectivity index (χ3n) is 8.13. The first-order valence-corrected chi connectivity index (χ1v) is 16.0. The molecule has 214 valence electrons. The highest BCUT2D eigenvalue weighted by Gasteiger charge is 2.49. The van der Waals surface area contributed by atoms with Crippen LogP contribution in [0.5, 0.6) is 5.75 Å². The third kappa shape index (κ3) is 5.09. The van der Waals surface area contributed by atoms with Crippen molar-refractivity contribution >= 4 is 42.7 Å². The van der Waals surface area contributed by atoms with Crippen molar-refractivity contribution in [2.45, 2.75) is 77.6 Å². The van der Waals surface area contributed by atoms with E-state index in [0.29, 0.717) is 38.9 Å². The quantitative estimate of drug-likeness (QED) is 0.206. The van der Waals surface area contributed by atoms with Crippen molar-refractivity contribution in [1.82, 2.24) is 9.88 Å². The van der Waals surface area contributed by atoms with Gasteiger partial charge in [-0.1, -0.05) is 53.1 Å². The Hall–Kier alpha value is -3.04. The second-order valence-electron chi connectivity index (χ2n) is 11.6. The minimum atomic E-state index is -2.55. The van der Waals surface area contributed by atoms with Gasteiger partial charge >= 0.3 is 5.97 Å². The molecular formula is C30H35ClF2N2O4Si. The fourth-order valence-electron chi connectivity index (χ4n) is 6.39. The highest BCUT2D eigenvalue weighted by Crippen LogP contribution is 2.48. The Bertz CT molecular complexity index is 1490. The number of carboxylic acids is 1. The molecule has 1 aliphatic heterocycles. The van der Waals surface area contributed by atoms with Gasteiger partial charge in [0.05, 0.1) is 17.0 Å². The van der Waals surface area contributed by atoms with E-state index in [9.17, 15) is 23.5 Å². The van der Waals surface area contributed by atoms with Crippen LogP contribution in [0, 0.1) is 11.6 Å². The largest absolute Gasteiger partial charge is 0.541 e. The molecule has 10 heteroatoms. The first-order valence-electron chi connectivity index (χ1n) is 13.4. The second kappa shape index (κ2) is 11.1. The average Bonchev–Trinajstić information content (AvgIpc) is 3.15. The van der Waals surface area contributed by atoms with Gasteiger partial charge in [0.15, 0.2) is 0 Å². The van der Waals surface area contributed by atoms with Gasteiger partial charge in [0.1, 0.15) is 22.9 Å². The lowest BCUT2D eigenvalue weighted by atomic mass is 9.93. The van der Waals surface area contributed by atoms with Crippen LogP contribution in [-0.2, 0) is 24.2 Å². The number of hydrogen-bond acceptors (Lipinski definition) is 4. The van der Waals surface area contributed by atoms with Gasteiger partial charge in [-0.3, -0.25) is 14.6 Å². The van der Waals surface area contributed by atoms with Crippen LogP contribution in [0.4, 0.5) is 8.78 Å². The van der Waals surface area contributed by atoms with Crippen LogP contribution >= 0.6 is 11.6 Å². The van der Waals surface area contributed by atoms with Crippen LogP contribution in [0.15, 0.2) is 24.4 Å². The van der Waals surface area contributed by atoms with E-state index in [1.54, 1.807) is 24.2 Å². The lowest BCUT2D eigenvalue weighted by Crippen LogP contribution is -2.51. The number of pyridine rings is 1. The standard InChI is InChI=1S/C30H35ClF2N2O4Si/c1-15(2)40(16(3)4,17(5)6)39-29-27-22(14-35(7)30(27)38)20(11-26(36)37)21-9-18(13-34-28(21)29)8-19-10-23(31)25(33)12-24(19)32/h9-10,12-13,15-17H,8,11,14H2,1-7H3,(H,36,37). The highest BCUT2D eigenvalue weighted by molar-refractivity contribution is 6.78. The summed E-state index contributed by atoms with van der Waals surface area (Å²) in [6.45, 7) is 13.1. The van der Waals surface area contributed by atoms with Gasteiger partial charge in [-0.2, -0.15) is 0 Å². The number of aliphatic carboxylic acids is 1. The Labute approximate surface area is 239 Å². The molecule has 0 radical (unpaired) electrons. The summed E-state index contributed by atoms with van der Waals surface area (Å²) in [5, 5.41) is 10.2. The predicted molar refractivity (Wildman–Crippen MR) is 155 cm³/mol.